The first-order chi connectivity index (χ1) is 13.5. The molecule has 1 aromatic rings. The van der Waals surface area contributed by atoms with E-state index in [9.17, 15) is 14.4 Å². The average Bonchev–Trinajstić information content (AvgIpc) is 2.66. The minimum Gasteiger partial charge on any atom is -0.395 e. The van der Waals surface area contributed by atoms with Crippen molar-refractivity contribution in [3.8, 4) is 0 Å². The van der Waals surface area contributed by atoms with Gasteiger partial charge in [-0.3, -0.25) is 29.5 Å². The zero-order valence-electron chi connectivity index (χ0n) is 15.8. The summed E-state index contributed by atoms with van der Waals surface area (Å²) >= 11 is 0. The molecule has 3 rings (SSSR count). The molecule has 0 radical (unpaired) electrons. The van der Waals surface area contributed by atoms with Crippen LogP contribution in [0.4, 0.5) is 11.4 Å². The Morgan fingerprint density at radius 1 is 1.14 bits per heavy atom. The zero-order chi connectivity index (χ0) is 19.9. The van der Waals surface area contributed by atoms with Crippen molar-refractivity contribution in [3.63, 3.8) is 0 Å². The lowest BCUT2D eigenvalue weighted by Crippen LogP contribution is -2.49. The molecule has 0 spiro atoms. The summed E-state index contributed by atoms with van der Waals surface area (Å²) in [7, 11) is 0. The van der Waals surface area contributed by atoms with Crippen LogP contribution < -0.4 is 16.0 Å². The molecule has 0 aromatic heterocycles. The summed E-state index contributed by atoms with van der Waals surface area (Å²) < 4.78 is 0. The van der Waals surface area contributed by atoms with E-state index in [2.05, 4.69) is 25.8 Å². The number of hydrogen-bond acceptors (Lipinski definition) is 7. The Morgan fingerprint density at radius 2 is 1.86 bits per heavy atom. The Morgan fingerprint density at radius 3 is 2.57 bits per heavy atom. The van der Waals surface area contributed by atoms with Gasteiger partial charge in [0.1, 0.15) is 6.04 Å². The molecule has 9 heteroatoms. The summed E-state index contributed by atoms with van der Waals surface area (Å²) in [6, 6.07) is 6.74. The van der Waals surface area contributed by atoms with Gasteiger partial charge in [-0.15, -0.1) is 0 Å². The zero-order valence-corrected chi connectivity index (χ0v) is 15.8. The van der Waals surface area contributed by atoms with Crippen LogP contribution in [-0.4, -0.2) is 84.5 Å². The molecule has 3 amide bonds. The van der Waals surface area contributed by atoms with E-state index in [4.69, 9.17) is 5.11 Å². The van der Waals surface area contributed by atoms with Crippen LogP contribution in [0, 0.1) is 0 Å². The molecule has 2 heterocycles. The lowest BCUT2D eigenvalue weighted by atomic mass is 10.1. The van der Waals surface area contributed by atoms with Crippen molar-refractivity contribution in [3.05, 3.63) is 24.3 Å². The van der Waals surface area contributed by atoms with Crippen molar-refractivity contribution in [2.45, 2.75) is 18.9 Å². The first kappa shape index (κ1) is 20.2. The van der Waals surface area contributed by atoms with Gasteiger partial charge < -0.3 is 15.7 Å². The molecule has 28 heavy (non-hydrogen) atoms. The summed E-state index contributed by atoms with van der Waals surface area (Å²) in [5.41, 5.74) is 1.37. The van der Waals surface area contributed by atoms with Crippen LogP contribution in [0.1, 0.15) is 12.8 Å². The summed E-state index contributed by atoms with van der Waals surface area (Å²) in [5.74, 6) is -0.666. The standard InChI is InChI=1S/C19H27N5O4/c25-11-10-23-6-8-24(9-7-23)13-18(27)21-15-3-1-2-14(12-15)20-16-4-5-17(26)22-19(16)28/h1-3,12,16,20,25H,4-11,13H2,(H,21,27)(H,22,26,28). The number of aliphatic hydroxyl groups excluding tert-OH is 1. The molecule has 1 atom stereocenters. The van der Waals surface area contributed by atoms with Crippen molar-refractivity contribution in [2.24, 2.45) is 0 Å². The number of β-amino-alcohol motifs (C(OH)–C–C–N with tert-alkyl or cyclic N) is 1. The molecule has 0 saturated carbocycles. The third-order valence-electron chi connectivity index (χ3n) is 4.97. The molecule has 1 unspecified atom stereocenters. The van der Waals surface area contributed by atoms with Crippen LogP contribution in [0.25, 0.3) is 0 Å². The van der Waals surface area contributed by atoms with Gasteiger partial charge in [-0.2, -0.15) is 0 Å². The van der Waals surface area contributed by atoms with Crippen LogP contribution in [0.5, 0.6) is 0 Å². The fourth-order valence-electron chi connectivity index (χ4n) is 3.44. The minimum absolute atomic E-state index is 0.0891. The second kappa shape index (κ2) is 9.63. The lowest BCUT2D eigenvalue weighted by Gasteiger charge is -2.33. The molecule has 0 aliphatic carbocycles. The molecule has 1 aromatic carbocycles. The van der Waals surface area contributed by atoms with E-state index in [1.807, 2.05) is 6.07 Å². The summed E-state index contributed by atoms with van der Waals surface area (Å²) in [6.07, 6.45) is 0.759. The highest BCUT2D eigenvalue weighted by atomic mass is 16.3. The maximum Gasteiger partial charge on any atom is 0.249 e. The first-order valence-corrected chi connectivity index (χ1v) is 9.59. The molecule has 2 fully saturated rings. The van der Waals surface area contributed by atoms with E-state index in [1.165, 1.54) is 0 Å². The van der Waals surface area contributed by atoms with Crippen LogP contribution in [-0.2, 0) is 14.4 Å². The Balaban J connectivity index is 1.48. The highest BCUT2D eigenvalue weighted by Gasteiger charge is 2.26. The van der Waals surface area contributed by atoms with Gasteiger partial charge in [0.2, 0.25) is 17.7 Å². The Hall–Kier alpha value is -2.49. The van der Waals surface area contributed by atoms with E-state index >= 15 is 0 Å². The van der Waals surface area contributed by atoms with Gasteiger partial charge in [0.25, 0.3) is 0 Å². The van der Waals surface area contributed by atoms with Crippen molar-refractivity contribution in [1.82, 2.24) is 15.1 Å². The van der Waals surface area contributed by atoms with E-state index in [-0.39, 0.29) is 24.3 Å². The number of piperidine rings is 1. The van der Waals surface area contributed by atoms with E-state index < -0.39 is 6.04 Å². The number of carbonyl (C=O) groups excluding carboxylic acids is 3. The van der Waals surface area contributed by atoms with Crippen LogP contribution in [0.3, 0.4) is 0 Å². The van der Waals surface area contributed by atoms with Gasteiger partial charge in [0.05, 0.1) is 13.2 Å². The van der Waals surface area contributed by atoms with Gasteiger partial charge in [-0.25, -0.2) is 0 Å². The SMILES string of the molecule is O=C1CCC(Nc2cccc(NC(=O)CN3CCN(CCO)CC3)c2)C(=O)N1. The largest absolute Gasteiger partial charge is 0.395 e. The average molecular weight is 389 g/mol. The second-order valence-electron chi connectivity index (χ2n) is 7.12. The number of nitrogens with one attached hydrogen (secondary N) is 3. The van der Waals surface area contributed by atoms with Crippen molar-refractivity contribution in [1.29, 1.82) is 0 Å². The fraction of sp³-hybridized carbons (Fsp3) is 0.526. The number of piperazine rings is 1. The Bertz CT molecular complexity index is 718. The molecule has 152 valence electrons. The Kier molecular flexibility index (Phi) is 6.96. The fourth-order valence-corrected chi connectivity index (χ4v) is 3.44. The van der Waals surface area contributed by atoms with E-state index in [0.29, 0.717) is 37.3 Å². The van der Waals surface area contributed by atoms with Crippen molar-refractivity contribution >= 4 is 29.1 Å². The van der Waals surface area contributed by atoms with E-state index in [0.717, 1.165) is 26.2 Å². The number of anilines is 2. The second-order valence-corrected chi connectivity index (χ2v) is 7.12. The molecule has 2 aliphatic rings. The van der Waals surface area contributed by atoms with Crippen LogP contribution >= 0.6 is 0 Å². The number of imide groups is 1. The summed E-state index contributed by atoms with van der Waals surface area (Å²) in [6.45, 7) is 4.43. The molecular weight excluding hydrogens is 362 g/mol. The topological polar surface area (TPSA) is 114 Å². The summed E-state index contributed by atoms with van der Waals surface area (Å²) in [4.78, 5) is 39.7. The number of nitrogens with zero attached hydrogens (tertiary/aromatic N) is 2. The third kappa shape index (κ3) is 5.75. The van der Waals surface area contributed by atoms with Gasteiger partial charge in [0.15, 0.2) is 0 Å². The maximum atomic E-state index is 12.3. The van der Waals surface area contributed by atoms with Gasteiger partial charge in [-0.1, -0.05) is 6.07 Å². The van der Waals surface area contributed by atoms with Gasteiger partial charge in [-0.05, 0) is 24.6 Å². The molecule has 2 aliphatic heterocycles. The first-order valence-electron chi connectivity index (χ1n) is 9.59. The van der Waals surface area contributed by atoms with Gasteiger partial charge >= 0.3 is 0 Å². The van der Waals surface area contributed by atoms with Crippen molar-refractivity contribution in [2.75, 3.05) is 56.5 Å². The number of hydrogen-bond donors (Lipinski definition) is 4. The highest BCUT2D eigenvalue weighted by molar-refractivity contribution is 6.01. The number of carbonyl (C=O) groups is 3. The number of benzene rings is 1. The number of aliphatic hydroxyl groups is 1. The quantitative estimate of drug-likeness (QED) is 0.463. The number of amides is 3. The molecule has 9 nitrogen and oxygen atoms in total. The van der Waals surface area contributed by atoms with Crippen molar-refractivity contribution < 1.29 is 19.5 Å². The smallest absolute Gasteiger partial charge is 0.249 e. The Labute approximate surface area is 164 Å². The molecular formula is C19H27N5O4. The molecule has 2 saturated heterocycles. The van der Waals surface area contributed by atoms with E-state index in [1.54, 1.807) is 18.2 Å². The number of rotatable bonds is 7. The molecule has 4 N–H and O–H groups in total. The highest BCUT2D eigenvalue weighted by Crippen LogP contribution is 2.18. The normalized spacial score (nSPS) is 21.2. The molecule has 0 bridgehead atoms. The van der Waals surface area contributed by atoms with Crippen LogP contribution in [0.2, 0.25) is 0 Å². The lowest BCUT2D eigenvalue weighted by molar-refractivity contribution is -0.133. The predicted molar refractivity (Wildman–Crippen MR) is 105 cm³/mol. The summed E-state index contributed by atoms with van der Waals surface area (Å²) in [5, 5.41) is 17.3. The minimum atomic E-state index is -0.459. The predicted octanol–water partition coefficient (Wildman–Crippen LogP) is -0.548. The van der Waals surface area contributed by atoms with Crippen LogP contribution in [0.15, 0.2) is 24.3 Å². The third-order valence-corrected chi connectivity index (χ3v) is 4.97. The maximum absolute atomic E-state index is 12.3. The van der Waals surface area contributed by atoms with Gasteiger partial charge in [0, 0.05) is 50.5 Å². The monoisotopic (exact) mass is 389 g/mol.